The fraction of sp³-hybridized carbons (Fsp3) is 1.00. The molecule has 1 saturated carbocycles. The zero-order valence-corrected chi connectivity index (χ0v) is 7.18. The Morgan fingerprint density at radius 1 is 1.18 bits per heavy atom. The van der Waals surface area contributed by atoms with Crippen LogP contribution in [0.5, 0.6) is 0 Å². The molecule has 2 aliphatic rings. The Morgan fingerprint density at radius 2 is 1.82 bits per heavy atom. The third-order valence-corrected chi connectivity index (χ3v) is 3.02. The van der Waals surface area contributed by atoms with Crippen LogP contribution in [-0.2, 0) is 0 Å². The lowest BCUT2D eigenvalue weighted by atomic mass is 10.2. The highest BCUT2D eigenvalue weighted by Crippen LogP contribution is 2.35. The standard InChI is InChI=1S/C9H18N2/c10-9(3-4-9)5-8-11-6-1-2-7-11/h1-8,10H2. The lowest BCUT2D eigenvalue weighted by Crippen LogP contribution is -2.30. The molecule has 11 heavy (non-hydrogen) atoms. The molecule has 0 aromatic carbocycles. The number of nitrogens with zero attached hydrogens (tertiary/aromatic N) is 1. The Bertz CT molecular complexity index is 134. The van der Waals surface area contributed by atoms with Gasteiger partial charge in [-0.15, -0.1) is 0 Å². The average molecular weight is 154 g/mol. The van der Waals surface area contributed by atoms with E-state index in [4.69, 9.17) is 5.73 Å². The van der Waals surface area contributed by atoms with E-state index in [1.54, 1.807) is 0 Å². The van der Waals surface area contributed by atoms with Crippen molar-refractivity contribution in [3.8, 4) is 0 Å². The molecule has 64 valence electrons. The summed E-state index contributed by atoms with van der Waals surface area (Å²) in [6, 6.07) is 0. The Labute approximate surface area is 68.7 Å². The van der Waals surface area contributed by atoms with Crippen LogP contribution in [0.4, 0.5) is 0 Å². The van der Waals surface area contributed by atoms with E-state index in [9.17, 15) is 0 Å². The molecule has 2 fully saturated rings. The second-order valence-corrected chi connectivity index (χ2v) is 4.16. The summed E-state index contributed by atoms with van der Waals surface area (Å²) in [6.07, 6.45) is 6.56. The predicted molar refractivity (Wildman–Crippen MR) is 46.4 cm³/mol. The van der Waals surface area contributed by atoms with Gasteiger partial charge in [-0.05, 0) is 51.7 Å². The maximum Gasteiger partial charge on any atom is 0.0167 e. The van der Waals surface area contributed by atoms with Gasteiger partial charge in [0.25, 0.3) is 0 Å². The summed E-state index contributed by atoms with van der Waals surface area (Å²) in [5.41, 5.74) is 6.26. The first-order valence-corrected chi connectivity index (χ1v) is 4.80. The Kier molecular flexibility index (Phi) is 1.90. The van der Waals surface area contributed by atoms with Crippen LogP contribution in [0.2, 0.25) is 0 Å². The van der Waals surface area contributed by atoms with E-state index >= 15 is 0 Å². The van der Waals surface area contributed by atoms with Gasteiger partial charge in [0, 0.05) is 5.54 Å². The van der Waals surface area contributed by atoms with E-state index in [0.717, 1.165) is 0 Å². The molecule has 1 saturated heterocycles. The van der Waals surface area contributed by atoms with Gasteiger partial charge in [0.15, 0.2) is 0 Å². The minimum absolute atomic E-state index is 0.266. The monoisotopic (exact) mass is 154 g/mol. The summed E-state index contributed by atoms with van der Waals surface area (Å²) in [5.74, 6) is 0. The van der Waals surface area contributed by atoms with E-state index in [0.29, 0.717) is 0 Å². The van der Waals surface area contributed by atoms with Crippen LogP contribution in [0, 0.1) is 0 Å². The fourth-order valence-corrected chi connectivity index (χ4v) is 1.80. The topological polar surface area (TPSA) is 29.3 Å². The molecule has 0 radical (unpaired) electrons. The van der Waals surface area contributed by atoms with Crippen LogP contribution in [0.3, 0.4) is 0 Å². The second kappa shape index (κ2) is 2.76. The molecule has 0 amide bonds. The van der Waals surface area contributed by atoms with Crippen molar-refractivity contribution in [2.75, 3.05) is 19.6 Å². The summed E-state index contributed by atoms with van der Waals surface area (Å²) in [6.45, 7) is 3.88. The largest absolute Gasteiger partial charge is 0.325 e. The second-order valence-electron chi connectivity index (χ2n) is 4.16. The van der Waals surface area contributed by atoms with Gasteiger partial charge in [-0.3, -0.25) is 0 Å². The van der Waals surface area contributed by atoms with E-state index in [2.05, 4.69) is 4.90 Å². The van der Waals surface area contributed by atoms with Crippen LogP contribution in [0.15, 0.2) is 0 Å². The van der Waals surface area contributed by atoms with Gasteiger partial charge in [0.2, 0.25) is 0 Å². The highest BCUT2D eigenvalue weighted by Gasteiger charge is 2.37. The summed E-state index contributed by atoms with van der Waals surface area (Å²) in [5, 5.41) is 0. The molecule has 2 rings (SSSR count). The smallest absolute Gasteiger partial charge is 0.0167 e. The molecule has 1 aliphatic carbocycles. The lowest BCUT2D eigenvalue weighted by molar-refractivity contribution is 0.317. The minimum atomic E-state index is 0.266. The fourth-order valence-electron chi connectivity index (χ4n) is 1.80. The van der Waals surface area contributed by atoms with E-state index in [1.807, 2.05) is 0 Å². The van der Waals surface area contributed by atoms with Gasteiger partial charge in [0.1, 0.15) is 0 Å². The van der Waals surface area contributed by atoms with Crippen molar-refractivity contribution in [3.63, 3.8) is 0 Å². The molecule has 0 aromatic rings. The third kappa shape index (κ3) is 1.94. The van der Waals surface area contributed by atoms with Crippen LogP contribution in [0.1, 0.15) is 32.1 Å². The molecule has 0 bridgehead atoms. The molecule has 0 unspecified atom stereocenters. The molecule has 1 heterocycles. The first kappa shape index (κ1) is 7.56. The van der Waals surface area contributed by atoms with Gasteiger partial charge in [-0.1, -0.05) is 0 Å². The maximum absolute atomic E-state index is 6.00. The number of likely N-dealkylation sites (tertiary alicyclic amines) is 1. The normalized spacial score (nSPS) is 29.2. The number of hydrogen-bond donors (Lipinski definition) is 1. The third-order valence-electron chi connectivity index (χ3n) is 3.02. The molecular weight excluding hydrogens is 136 g/mol. The summed E-state index contributed by atoms with van der Waals surface area (Å²) in [7, 11) is 0. The van der Waals surface area contributed by atoms with Crippen molar-refractivity contribution < 1.29 is 0 Å². The SMILES string of the molecule is NC1(CCN2CCCC2)CC1. The minimum Gasteiger partial charge on any atom is -0.325 e. The zero-order chi connectivity index (χ0) is 7.73. The predicted octanol–water partition coefficient (Wildman–Crippen LogP) is 0.964. The quantitative estimate of drug-likeness (QED) is 0.656. The number of hydrogen-bond acceptors (Lipinski definition) is 2. The first-order chi connectivity index (χ1) is 5.29. The molecule has 2 N–H and O–H groups in total. The van der Waals surface area contributed by atoms with Crippen molar-refractivity contribution in [2.24, 2.45) is 5.73 Å². The van der Waals surface area contributed by atoms with Crippen molar-refractivity contribution in [1.82, 2.24) is 4.90 Å². The molecule has 0 spiro atoms. The molecule has 2 nitrogen and oxygen atoms in total. The summed E-state index contributed by atoms with van der Waals surface area (Å²) < 4.78 is 0. The number of nitrogens with two attached hydrogens (primary N) is 1. The van der Waals surface area contributed by atoms with Crippen LogP contribution >= 0.6 is 0 Å². The van der Waals surface area contributed by atoms with Crippen LogP contribution < -0.4 is 5.73 Å². The molecule has 0 aromatic heterocycles. The Balaban J connectivity index is 1.65. The van der Waals surface area contributed by atoms with E-state index in [1.165, 1.54) is 51.7 Å². The Morgan fingerprint density at radius 3 is 2.36 bits per heavy atom. The van der Waals surface area contributed by atoms with Crippen LogP contribution in [-0.4, -0.2) is 30.1 Å². The average Bonchev–Trinajstić information content (AvgIpc) is 2.53. The van der Waals surface area contributed by atoms with Crippen molar-refractivity contribution in [3.05, 3.63) is 0 Å². The number of rotatable bonds is 3. The zero-order valence-electron chi connectivity index (χ0n) is 7.18. The highest BCUT2D eigenvalue weighted by atomic mass is 15.1. The maximum atomic E-state index is 6.00. The van der Waals surface area contributed by atoms with Crippen molar-refractivity contribution in [2.45, 2.75) is 37.6 Å². The van der Waals surface area contributed by atoms with Crippen LogP contribution in [0.25, 0.3) is 0 Å². The van der Waals surface area contributed by atoms with Gasteiger partial charge >= 0.3 is 0 Å². The Hall–Kier alpha value is -0.0800. The van der Waals surface area contributed by atoms with E-state index in [-0.39, 0.29) is 5.54 Å². The van der Waals surface area contributed by atoms with Crippen molar-refractivity contribution >= 4 is 0 Å². The van der Waals surface area contributed by atoms with Crippen molar-refractivity contribution in [1.29, 1.82) is 0 Å². The van der Waals surface area contributed by atoms with Gasteiger partial charge in [0.05, 0.1) is 0 Å². The first-order valence-electron chi connectivity index (χ1n) is 4.80. The van der Waals surface area contributed by atoms with Gasteiger partial charge < -0.3 is 10.6 Å². The molecule has 1 aliphatic heterocycles. The highest BCUT2D eigenvalue weighted by molar-refractivity contribution is 4.98. The summed E-state index contributed by atoms with van der Waals surface area (Å²) in [4.78, 5) is 2.55. The molecular formula is C9H18N2. The summed E-state index contributed by atoms with van der Waals surface area (Å²) >= 11 is 0. The van der Waals surface area contributed by atoms with Gasteiger partial charge in [-0.2, -0.15) is 0 Å². The lowest BCUT2D eigenvalue weighted by Gasteiger charge is -2.16. The van der Waals surface area contributed by atoms with E-state index < -0.39 is 0 Å². The molecule has 2 heteroatoms. The molecule has 0 atom stereocenters. The van der Waals surface area contributed by atoms with Gasteiger partial charge in [-0.25, -0.2) is 0 Å².